The van der Waals surface area contributed by atoms with Crippen molar-refractivity contribution in [3.05, 3.63) is 42.2 Å². The number of aromatic nitrogens is 2. The van der Waals surface area contributed by atoms with Crippen molar-refractivity contribution in [2.75, 3.05) is 14.1 Å². The van der Waals surface area contributed by atoms with Crippen molar-refractivity contribution in [2.24, 2.45) is 0 Å². The monoisotopic (exact) mass is 317 g/mol. The fourth-order valence-corrected chi connectivity index (χ4v) is 3.19. The maximum absolute atomic E-state index is 12.0. The Morgan fingerprint density at radius 1 is 1.18 bits per heavy atom. The summed E-state index contributed by atoms with van der Waals surface area (Å²) in [6.45, 7) is 6.28. The maximum Gasteiger partial charge on any atom is 0.235 e. The fraction of sp³-hybridized carbons (Fsp3) is 0.412. The molecular formula is C17H23N3OS. The number of imidazole rings is 1. The minimum absolute atomic E-state index is 0.0923. The van der Waals surface area contributed by atoms with Gasteiger partial charge in [-0.15, -0.1) is 0 Å². The Kier molecular flexibility index (Phi) is 5.29. The molecule has 2 rings (SSSR count). The summed E-state index contributed by atoms with van der Waals surface area (Å²) < 4.78 is 2.02. The maximum atomic E-state index is 12.0. The predicted molar refractivity (Wildman–Crippen MR) is 91.7 cm³/mol. The lowest BCUT2D eigenvalue weighted by atomic mass is 10.0. The van der Waals surface area contributed by atoms with Crippen LogP contribution in [0.25, 0.3) is 5.69 Å². The molecule has 0 N–H and O–H groups in total. The summed E-state index contributed by atoms with van der Waals surface area (Å²) in [5.74, 6) is 0.609. The average Bonchev–Trinajstić information content (AvgIpc) is 2.94. The Labute approximate surface area is 136 Å². The second kappa shape index (κ2) is 7.01. The number of rotatable bonds is 5. The molecule has 1 aromatic carbocycles. The molecule has 2 aromatic rings. The van der Waals surface area contributed by atoms with Crippen LogP contribution in [0.2, 0.25) is 0 Å². The molecule has 5 heteroatoms. The highest BCUT2D eigenvalue weighted by Crippen LogP contribution is 2.26. The number of benzene rings is 1. The molecule has 0 saturated carbocycles. The van der Waals surface area contributed by atoms with Crippen molar-refractivity contribution < 1.29 is 4.79 Å². The second-order valence-corrected chi connectivity index (χ2v) is 7.13. The van der Waals surface area contributed by atoms with E-state index in [9.17, 15) is 4.79 Å². The van der Waals surface area contributed by atoms with Gasteiger partial charge in [-0.2, -0.15) is 0 Å². The first-order valence-electron chi connectivity index (χ1n) is 7.41. The first-order chi connectivity index (χ1) is 10.4. The van der Waals surface area contributed by atoms with Crippen LogP contribution in [-0.2, 0) is 4.79 Å². The number of carbonyl (C=O) groups is 1. The van der Waals surface area contributed by atoms with Gasteiger partial charge < -0.3 is 4.90 Å². The quantitative estimate of drug-likeness (QED) is 0.791. The number of amides is 1. The van der Waals surface area contributed by atoms with Gasteiger partial charge in [0.15, 0.2) is 5.16 Å². The van der Waals surface area contributed by atoms with Crippen molar-refractivity contribution in [3.63, 3.8) is 0 Å². The van der Waals surface area contributed by atoms with E-state index in [2.05, 4.69) is 43.1 Å². The molecular weight excluding hydrogens is 294 g/mol. The number of hydrogen-bond donors (Lipinski definition) is 0. The van der Waals surface area contributed by atoms with Crippen LogP contribution in [0.1, 0.15) is 32.3 Å². The van der Waals surface area contributed by atoms with Gasteiger partial charge in [-0.3, -0.25) is 9.36 Å². The first kappa shape index (κ1) is 16.6. The number of hydrogen-bond acceptors (Lipinski definition) is 3. The Hall–Kier alpha value is -1.75. The molecule has 0 aliphatic heterocycles. The third-order valence-corrected chi connectivity index (χ3v) is 4.58. The van der Waals surface area contributed by atoms with Crippen LogP contribution in [0.5, 0.6) is 0 Å². The molecule has 1 amide bonds. The van der Waals surface area contributed by atoms with Gasteiger partial charge >= 0.3 is 0 Å². The zero-order chi connectivity index (χ0) is 16.3. The van der Waals surface area contributed by atoms with Crippen molar-refractivity contribution in [1.29, 1.82) is 0 Å². The Morgan fingerprint density at radius 3 is 2.36 bits per heavy atom. The van der Waals surface area contributed by atoms with E-state index in [1.165, 1.54) is 17.3 Å². The van der Waals surface area contributed by atoms with Crippen molar-refractivity contribution in [3.8, 4) is 5.69 Å². The van der Waals surface area contributed by atoms with Crippen molar-refractivity contribution in [2.45, 2.75) is 37.1 Å². The Bertz CT molecular complexity index is 632. The first-order valence-corrected chi connectivity index (χ1v) is 8.29. The molecule has 1 atom stereocenters. The molecule has 118 valence electrons. The fourth-order valence-electron chi connectivity index (χ4n) is 2.17. The average molecular weight is 317 g/mol. The molecule has 1 aromatic heterocycles. The van der Waals surface area contributed by atoms with Crippen LogP contribution in [-0.4, -0.2) is 39.7 Å². The highest BCUT2D eigenvalue weighted by molar-refractivity contribution is 8.00. The van der Waals surface area contributed by atoms with Crippen molar-refractivity contribution in [1.82, 2.24) is 14.5 Å². The van der Waals surface area contributed by atoms with E-state index in [1.807, 2.05) is 17.7 Å². The Morgan fingerprint density at radius 2 is 1.82 bits per heavy atom. The van der Waals surface area contributed by atoms with E-state index >= 15 is 0 Å². The van der Waals surface area contributed by atoms with E-state index < -0.39 is 0 Å². The minimum Gasteiger partial charge on any atom is -0.348 e. The Balaban J connectivity index is 2.20. The van der Waals surface area contributed by atoms with E-state index in [4.69, 9.17) is 0 Å². The molecule has 0 saturated heterocycles. The molecule has 0 bridgehead atoms. The van der Waals surface area contributed by atoms with Crippen LogP contribution in [0.4, 0.5) is 0 Å². The molecule has 0 spiro atoms. The van der Waals surface area contributed by atoms with Gasteiger partial charge in [-0.05, 0) is 30.5 Å². The summed E-state index contributed by atoms with van der Waals surface area (Å²) in [4.78, 5) is 18.0. The van der Waals surface area contributed by atoms with E-state index in [-0.39, 0.29) is 11.2 Å². The molecule has 22 heavy (non-hydrogen) atoms. The largest absolute Gasteiger partial charge is 0.348 e. The third kappa shape index (κ3) is 3.71. The van der Waals surface area contributed by atoms with Gasteiger partial charge in [0.2, 0.25) is 5.91 Å². The number of nitrogens with zero attached hydrogens (tertiary/aromatic N) is 3. The van der Waals surface area contributed by atoms with Gasteiger partial charge in [0, 0.05) is 32.2 Å². The lowest BCUT2D eigenvalue weighted by Gasteiger charge is -2.16. The zero-order valence-corrected chi connectivity index (χ0v) is 14.6. The van der Waals surface area contributed by atoms with Crippen LogP contribution >= 0.6 is 11.8 Å². The lowest BCUT2D eigenvalue weighted by Crippen LogP contribution is -2.29. The molecule has 0 fully saturated rings. The normalized spacial score (nSPS) is 12.5. The van der Waals surface area contributed by atoms with E-state index in [1.54, 1.807) is 25.2 Å². The zero-order valence-electron chi connectivity index (χ0n) is 13.8. The van der Waals surface area contributed by atoms with Crippen molar-refractivity contribution >= 4 is 17.7 Å². The van der Waals surface area contributed by atoms with Crippen LogP contribution in [0.15, 0.2) is 41.8 Å². The van der Waals surface area contributed by atoms with Gasteiger partial charge in [0.05, 0.1) is 5.25 Å². The third-order valence-electron chi connectivity index (χ3n) is 3.52. The van der Waals surface area contributed by atoms with Gasteiger partial charge in [0.1, 0.15) is 0 Å². The predicted octanol–water partition coefficient (Wildman–Crippen LogP) is 3.56. The lowest BCUT2D eigenvalue weighted by molar-refractivity contribution is -0.127. The van der Waals surface area contributed by atoms with Crippen LogP contribution in [0.3, 0.4) is 0 Å². The summed E-state index contributed by atoms with van der Waals surface area (Å²) in [6.07, 6.45) is 3.70. The molecule has 0 aliphatic rings. The summed E-state index contributed by atoms with van der Waals surface area (Å²) >= 11 is 1.48. The number of carbonyl (C=O) groups excluding carboxylic acids is 1. The van der Waals surface area contributed by atoms with Gasteiger partial charge in [-0.25, -0.2) is 4.98 Å². The summed E-state index contributed by atoms with van der Waals surface area (Å²) in [5, 5.41) is 0.672. The topological polar surface area (TPSA) is 38.1 Å². The summed E-state index contributed by atoms with van der Waals surface area (Å²) in [6, 6.07) is 8.48. The smallest absolute Gasteiger partial charge is 0.235 e. The van der Waals surface area contributed by atoms with Gasteiger partial charge in [-0.1, -0.05) is 37.7 Å². The second-order valence-electron chi connectivity index (χ2n) is 5.82. The van der Waals surface area contributed by atoms with E-state index in [0.29, 0.717) is 5.92 Å². The molecule has 0 unspecified atom stereocenters. The molecule has 4 nitrogen and oxygen atoms in total. The standard InChI is InChI=1S/C17H23N3OS/c1-12(2)14-6-8-15(9-7-14)20-11-10-18-17(20)22-13(3)16(21)19(4)5/h6-13H,1-5H3/t13-/m1/s1. The van der Waals surface area contributed by atoms with Gasteiger partial charge in [0.25, 0.3) is 0 Å². The molecule has 0 aliphatic carbocycles. The summed E-state index contributed by atoms with van der Waals surface area (Å²) in [7, 11) is 3.55. The highest BCUT2D eigenvalue weighted by atomic mass is 32.2. The van der Waals surface area contributed by atoms with E-state index in [0.717, 1.165) is 10.8 Å². The molecule has 1 heterocycles. The SMILES string of the molecule is CC(C)c1ccc(-n2ccnc2S[C@H](C)C(=O)N(C)C)cc1. The van der Waals surface area contributed by atoms with Crippen LogP contribution in [0, 0.1) is 0 Å². The minimum atomic E-state index is -0.161. The van der Waals surface area contributed by atoms with Crippen LogP contribution < -0.4 is 0 Å². The summed E-state index contributed by atoms with van der Waals surface area (Å²) in [5.41, 5.74) is 2.38. The molecule has 0 radical (unpaired) electrons. The highest BCUT2D eigenvalue weighted by Gasteiger charge is 2.19. The number of thioether (sulfide) groups is 1.